The summed E-state index contributed by atoms with van der Waals surface area (Å²) in [5.74, 6) is -1.42. The van der Waals surface area contributed by atoms with Crippen molar-refractivity contribution in [2.75, 3.05) is 0 Å². The Labute approximate surface area is 108 Å². The predicted molar refractivity (Wildman–Crippen MR) is 70.3 cm³/mol. The SMILES string of the molecule is C/C(=C\C(C)CCC(C)/C=C(\C)C(=O)O)C(=O)O. The Morgan fingerprint density at radius 2 is 1.17 bits per heavy atom. The third-order valence-corrected chi connectivity index (χ3v) is 2.82. The first-order chi connectivity index (χ1) is 8.23. The summed E-state index contributed by atoms with van der Waals surface area (Å²) >= 11 is 0. The Morgan fingerprint density at radius 3 is 1.39 bits per heavy atom. The molecule has 0 saturated heterocycles. The van der Waals surface area contributed by atoms with Crippen LogP contribution in [0.2, 0.25) is 0 Å². The lowest BCUT2D eigenvalue weighted by atomic mass is 9.95. The van der Waals surface area contributed by atoms with Crippen molar-refractivity contribution in [1.29, 1.82) is 0 Å². The first-order valence-corrected chi connectivity index (χ1v) is 6.07. The van der Waals surface area contributed by atoms with Crippen molar-refractivity contribution in [3.05, 3.63) is 23.3 Å². The average molecular weight is 254 g/mol. The van der Waals surface area contributed by atoms with E-state index < -0.39 is 11.9 Å². The molecule has 0 aromatic rings. The summed E-state index contributed by atoms with van der Waals surface area (Å²) in [7, 11) is 0. The van der Waals surface area contributed by atoms with Crippen molar-refractivity contribution in [1.82, 2.24) is 0 Å². The summed E-state index contributed by atoms with van der Waals surface area (Å²) in [4.78, 5) is 21.3. The molecule has 0 aliphatic carbocycles. The molecule has 0 fully saturated rings. The fourth-order valence-corrected chi connectivity index (χ4v) is 1.69. The van der Waals surface area contributed by atoms with Gasteiger partial charge in [0.1, 0.15) is 0 Å². The second-order valence-electron chi connectivity index (χ2n) is 4.84. The number of rotatable bonds is 7. The van der Waals surface area contributed by atoms with Crippen LogP contribution in [0.1, 0.15) is 40.5 Å². The number of hydrogen-bond donors (Lipinski definition) is 2. The third-order valence-electron chi connectivity index (χ3n) is 2.82. The highest BCUT2D eigenvalue weighted by molar-refractivity contribution is 5.86. The molecule has 0 rings (SSSR count). The highest BCUT2D eigenvalue weighted by Gasteiger charge is 2.08. The van der Waals surface area contributed by atoms with E-state index in [2.05, 4.69) is 0 Å². The summed E-state index contributed by atoms with van der Waals surface area (Å²) in [5.41, 5.74) is 0.708. The second kappa shape index (κ2) is 7.69. The molecule has 4 heteroatoms. The van der Waals surface area contributed by atoms with Crippen LogP contribution < -0.4 is 0 Å². The molecular weight excluding hydrogens is 232 g/mol. The van der Waals surface area contributed by atoms with E-state index in [1.54, 1.807) is 26.0 Å². The van der Waals surface area contributed by atoms with Crippen LogP contribution in [0.3, 0.4) is 0 Å². The molecule has 0 aromatic carbocycles. The maximum absolute atomic E-state index is 10.7. The van der Waals surface area contributed by atoms with Crippen molar-refractivity contribution >= 4 is 11.9 Å². The summed E-state index contributed by atoms with van der Waals surface area (Å²) in [6.45, 7) is 7.09. The van der Waals surface area contributed by atoms with E-state index in [0.29, 0.717) is 11.1 Å². The Hall–Kier alpha value is -1.58. The zero-order valence-electron chi connectivity index (χ0n) is 11.4. The predicted octanol–water partition coefficient (Wildman–Crippen LogP) is 3.10. The smallest absolute Gasteiger partial charge is 0.330 e. The minimum absolute atomic E-state index is 0.182. The van der Waals surface area contributed by atoms with Gasteiger partial charge in [-0.05, 0) is 38.5 Å². The number of hydrogen-bond acceptors (Lipinski definition) is 2. The van der Waals surface area contributed by atoms with Gasteiger partial charge < -0.3 is 10.2 Å². The largest absolute Gasteiger partial charge is 0.478 e. The van der Waals surface area contributed by atoms with E-state index in [1.807, 2.05) is 13.8 Å². The van der Waals surface area contributed by atoms with Gasteiger partial charge in [-0.25, -0.2) is 9.59 Å². The van der Waals surface area contributed by atoms with Crippen molar-refractivity contribution in [2.45, 2.75) is 40.5 Å². The fourth-order valence-electron chi connectivity index (χ4n) is 1.69. The maximum Gasteiger partial charge on any atom is 0.330 e. The van der Waals surface area contributed by atoms with Crippen LogP contribution in [-0.4, -0.2) is 22.2 Å². The van der Waals surface area contributed by atoms with Crippen molar-refractivity contribution in [3.8, 4) is 0 Å². The van der Waals surface area contributed by atoms with Gasteiger partial charge in [0.15, 0.2) is 0 Å². The lowest BCUT2D eigenvalue weighted by Gasteiger charge is -2.11. The van der Waals surface area contributed by atoms with E-state index in [0.717, 1.165) is 12.8 Å². The Bertz CT molecular complexity index is 330. The van der Waals surface area contributed by atoms with Gasteiger partial charge in [-0.3, -0.25) is 0 Å². The monoisotopic (exact) mass is 254 g/mol. The van der Waals surface area contributed by atoms with Gasteiger partial charge in [0.25, 0.3) is 0 Å². The van der Waals surface area contributed by atoms with Crippen LogP contribution in [0.4, 0.5) is 0 Å². The van der Waals surface area contributed by atoms with E-state index in [9.17, 15) is 9.59 Å². The first-order valence-electron chi connectivity index (χ1n) is 6.07. The molecule has 0 radical (unpaired) electrons. The molecular formula is C14H22O4. The molecule has 2 atom stereocenters. The van der Waals surface area contributed by atoms with Gasteiger partial charge >= 0.3 is 11.9 Å². The molecule has 0 amide bonds. The molecule has 0 heterocycles. The molecule has 2 unspecified atom stereocenters. The highest BCUT2D eigenvalue weighted by atomic mass is 16.4. The van der Waals surface area contributed by atoms with E-state index in [4.69, 9.17) is 10.2 Å². The molecule has 4 nitrogen and oxygen atoms in total. The minimum Gasteiger partial charge on any atom is -0.478 e. The minimum atomic E-state index is -0.892. The van der Waals surface area contributed by atoms with Gasteiger partial charge in [-0.2, -0.15) is 0 Å². The maximum atomic E-state index is 10.7. The molecule has 0 aliphatic heterocycles. The highest BCUT2D eigenvalue weighted by Crippen LogP contribution is 2.17. The Morgan fingerprint density at radius 1 is 0.889 bits per heavy atom. The summed E-state index contributed by atoms with van der Waals surface area (Å²) < 4.78 is 0. The summed E-state index contributed by atoms with van der Waals surface area (Å²) in [6, 6.07) is 0. The Kier molecular flexibility index (Phi) is 7.01. The van der Waals surface area contributed by atoms with E-state index >= 15 is 0 Å². The van der Waals surface area contributed by atoms with Crippen LogP contribution in [0.25, 0.3) is 0 Å². The lowest BCUT2D eigenvalue weighted by Crippen LogP contribution is -2.03. The zero-order chi connectivity index (χ0) is 14.3. The second-order valence-corrected chi connectivity index (χ2v) is 4.84. The molecule has 2 N–H and O–H groups in total. The molecule has 0 aliphatic rings. The van der Waals surface area contributed by atoms with Crippen LogP contribution in [0.5, 0.6) is 0 Å². The molecule has 0 spiro atoms. The lowest BCUT2D eigenvalue weighted by molar-refractivity contribution is -0.133. The molecule has 18 heavy (non-hydrogen) atoms. The van der Waals surface area contributed by atoms with Crippen molar-refractivity contribution in [2.24, 2.45) is 11.8 Å². The Balaban J connectivity index is 4.26. The zero-order valence-corrected chi connectivity index (χ0v) is 11.4. The van der Waals surface area contributed by atoms with Crippen molar-refractivity contribution < 1.29 is 19.8 Å². The van der Waals surface area contributed by atoms with Crippen LogP contribution in [0, 0.1) is 11.8 Å². The van der Waals surface area contributed by atoms with Gasteiger partial charge in [-0.1, -0.05) is 26.0 Å². The number of carboxylic acid groups (broad SMARTS) is 2. The average Bonchev–Trinajstić information content (AvgIpc) is 2.25. The normalized spacial score (nSPS) is 16.2. The quantitative estimate of drug-likeness (QED) is 0.684. The van der Waals surface area contributed by atoms with Gasteiger partial charge in [-0.15, -0.1) is 0 Å². The van der Waals surface area contributed by atoms with Crippen molar-refractivity contribution in [3.63, 3.8) is 0 Å². The van der Waals surface area contributed by atoms with Crippen LogP contribution in [0.15, 0.2) is 23.3 Å². The van der Waals surface area contributed by atoms with E-state index in [-0.39, 0.29) is 11.8 Å². The van der Waals surface area contributed by atoms with Crippen LogP contribution >= 0.6 is 0 Å². The topological polar surface area (TPSA) is 74.6 Å². The molecule has 0 saturated carbocycles. The van der Waals surface area contributed by atoms with Gasteiger partial charge in [0.05, 0.1) is 0 Å². The molecule has 102 valence electrons. The fraction of sp³-hybridized carbons (Fsp3) is 0.571. The summed E-state index contributed by atoms with van der Waals surface area (Å²) in [6.07, 6.45) is 5.16. The third kappa shape index (κ3) is 6.89. The van der Waals surface area contributed by atoms with Crippen LogP contribution in [-0.2, 0) is 9.59 Å². The number of carbonyl (C=O) groups is 2. The number of carboxylic acids is 2. The van der Waals surface area contributed by atoms with Gasteiger partial charge in [0.2, 0.25) is 0 Å². The molecule has 0 aromatic heterocycles. The van der Waals surface area contributed by atoms with Gasteiger partial charge in [0, 0.05) is 11.1 Å². The summed E-state index contributed by atoms with van der Waals surface area (Å²) in [5, 5.41) is 17.5. The molecule has 0 bridgehead atoms. The van der Waals surface area contributed by atoms with E-state index in [1.165, 1.54) is 0 Å². The number of aliphatic carboxylic acids is 2. The number of allylic oxidation sites excluding steroid dienone is 2. The standard InChI is InChI=1S/C14H22O4/c1-9(7-11(3)13(15)16)5-6-10(2)8-12(4)14(17)18/h7-10H,5-6H2,1-4H3,(H,15,16)(H,17,18)/b11-7+,12-8+. The first kappa shape index (κ1) is 16.4.